The van der Waals surface area contributed by atoms with Crippen molar-refractivity contribution in [2.24, 2.45) is 5.92 Å². The monoisotopic (exact) mass is 407 g/mol. The van der Waals surface area contributed by atoms with Gasteiger partial charge in [-0.25, -0.2) is 18.1 Å². The number of rotatable bonds is 6. The van der Waals surface area contributed by atoms with Gasteiger partial charge in [-0.15, -0.1) is 0 Å². The van der Waals surface area contributed by atoms with Crippen LogP contribution in [0.25, 0.3) is 0 Å². The second-order valence-corrected chi connectivity index (χ2v) is 9.85. The molecular formula is C18H28F3N3O2S. The maximum atomic E-state index is 12.9. The van der Waals surface area contributed by atoms with Crippen LogP contribution >= 0.6 is 0 Å². The summed E-state index contributed by atoms with van der Waals surface area (Å²) in [6.45, 7) is 7.01. The lowest BCUT2D eigenvalue weighted by atomic mass is 9.86. The van der Waals surface area contributed by atoms with E-state index < -0.39 is 27.0 Å². The van der Waals surface area contributed by atoms with Crippen molar-refractivity contribution in [3.8, 4) is 0 Å². The van der Waals surface area contributed by atoms with E-state index in [0.717, 1.165) is 31.9 Å². The Morgan fingerprint density at radius 3 is 2.26 bits per heavy atom. The zero-order valence-corrected chi connectivity index (χ0v) is 17.0. The third kappa shape index (κ3) is 5.57. The number of nitrogens with zero attached hydrogens (tertiary/aromatic N) is 1. The van der Waals surface area contributed by atoms with Gasteiger partial charge in [-0.1, -0.05) is 0 Å². The number of hydrogen-bond acceptors (Lipinski definition) is 4. The van der Waals surface area contributed by atoms with Crippen molar-refractivity contribution in [1.82, 2.24) is 9.71 Å². The molecule has 27 heavy (non-hydrogen) atoms. The Morgan fingerprint density at radius 2 is 1.74 bits per heavy atom. The zero-order valence-electron chi connectivity index (χ0n) is 16.2. The summed E-state index contributed by atoms with van der Waals surface area (Å²) in [6, 6.07) is -0.0400. The molecule has 5 nitrogen and oxygen atoms in total. The minimum Gasteiger partial charge on any atom is -0.370 e. The predicted molar refractivity (Wildman–Crippen MR) is 100 cm³/mol. The minimum absolute atomic E-state index is 0.0400. The van der Waals surface area contributed by atoms with Crippen LogP contribution in [0.5, 0.6) is 0 Å². The highest BCUT2D eigenvalue weighted by molar-refractivity contribution is 7.90. The second-order valence-electron chi connectivity index (χ2n) is 7.58. The quantitative estimate of drug-likeness (QED) is 0.747. The maximum absolute atomic E-state index is 12.9. The van der Waals surface area contributed by atoms with E-state index in [4.69, 9.17) is 0 Å². The Morgan fingerprint density at radius 1 is 1.15 bits per heavy atom. The van der Waals surface area contributed by atoms with Gasteiger partial charge in [0.15, 0.2) is 0 Å². The van der Waals surface area contributed by atoms with E-state index in [1.807, 2.05) is 0 Å². The zero-order chi connectivity index (χ0) is 20.4. The number of anilines is 1. The van der Waals surface area contributed by atoms with Crippen molar-refractivity contribution in [3.05, 3.63) is 22.9 Å². The molecular weight excluding hydrogens is 379 g/mol. The summed E-state index contributed by atoms with van der Waals surface area (Å²) in [5.74, 6) is 0.816. The number of pyridine rings is 1. The van der Waals surface area contributed by atoms with Crippen molar-refractivity contribution in [1.29, 1.82) is 0 Å². The smallest absolute Gasteiger partial charge is 0.370 e. The molecule has 0 saturated heterocycles. The molecule has 2 rings (SSSR count). The molecule has 0 amide bonds. The molecule has 0 aliphatic heterocycles. The van der Waals surface area contributed by atoms with E-state index in [-0.39, 0.29) is 11.6 Å². The molecule has 1 aliphatic carbocycles. The number of aromatic nitrogens is 1. The first-order valence-electron chi connectivity index (χ1n) is 9.20. The number of nitrogens with one attached hydrogen (secondary N) is 2. The number of halogens is 3. The normalized spacial score (nSPS) is 21.5. The van der Waals surface area contributed by atoms with E-state index in [1.54, 1.807) is 20.8 Å². The highest BCUT2D eigenvalue weighted by Crippen LogP contribution is 2.34. The molecule has 0 bridgehead atoms. The van der Waals surface area contributed by atoms with Gasteiger partial charge >= 0.3 is 6.18 Å². The van der Waals surface area contributed by atoms with Crippen molar-refractivity contribution >= 4 is 15.8 Å². The van der Waals surface area contributed by atoms with E-state index in [9.17, 15) is 21.6 Å². The third-order valence-electron chi connectivity index (χ3n) is 5.31. The Labute approximate surface area is 159 Å². The van der Waals surface area contributed by atoms with Gasteiger partial charge in [-0.3, -0.25) is 0 Å². The van der Waals surface area contributed by atoms with Gasteiger partial charge in [0.2, 0.25) is 10.0 Å². The first-order valence-corrected chi connectivity index (χ1v) is 10.7. The molecule has 2 N–H and O–H groups in total. The molecule has 0 unspecified atom stereocenters. The van der Waals surface area contributed by atoms with Crippen LogP contribution in [-0.2, 0) is 16.2 Å². The topological polar surface area (TPSA) is 71.1 Å². The second kappa shape index (κ2) is 8.34. The molecule has 1 aromatic rings. The maximum Gasteiger partial charge on any atom is 0.418 e. The van der Waals surface area contributed by atoms with E-state index >= 15 is 0 Å². The Kier molecular flexibility index (Phi) is 6.78. The highest BCUT2D eigenvalue weighted by Gasteiger charge is 2.34. The number of hydrogen-bond donors (Lipinski definition) is 2. The lowest BCUT2D eigenvalue weighted by Gasteiger charge is -2.30. The molecule has 1 aliphatic rings. The van der Waals surface area contributed by atoms with E-state index in [2.05, 4.69) is 15.0 Å². The molecule has 0 spiro atoms. The van der Waals surface area contributed by atoms with Crippen LogP contribution in [0.2, 0.25) is 0 Å². The van der Waals surface area contributed by atoms with Crippen molar-refractivity contribution in [2.75, 3.05) is 11.9 Å². The largest absolute Gasteiger partial charge is 0.418 e. The first-order chi connectivity index (χ1) is 12.4. The Hall–Kier alpha value is -1.35. The summed E-state index contributed by atoms with van der Waals surface area (Å²) in [4.78, 5) is 3.95. The van der Waals surface area contributed by atoms with Crippen LogP contribution < -0.4 is 10.0 Å². The van der Waals surface area contributed by atoms with Crippen LogP contribution in [0.4, 0.5) is 19.0 Å². The van der Waals surface area contributed by atoms with Crippen LogP contribution in [-0.4, -0.2) is 31.2 Å². The lowest BCUT2D eigenvalue weighted by molar-refractivity contribution is -0.138. The van der Waals surface area contributed by atoms with E-state index in [0.29, 0.717) is 23.8 Å². The third-order valence-corrected chi connectivity index (χ3v) is 7.21. The summed E-state index contributed by atoms with van der Waals surface area (Å²) in [5, 5.41) is 2.72. The summed E-state index contributed by atoms with van der Waals surface area (Å²) < 4.78 is 65.4. The van der Waals surface area contributed by atoms with Gasteiger partial charge in [-0.05, 0) is 70.4 Å². The average molecular weight is 408 g/mol. The van der Waals surface area contributed by atoms with Crippen molar-refractivity contribution < 1.29 is 21.6 Å². The fraction of sp³-hybridized carbons (Fsp3) is 0.722. The molecule has 1 aromatic heterocycles. The van der Waals surface area contributed by atoms with Gasteiger partial charge in [0.05, 0.1) is 10.8 Å². The molecule has 1 heterocycles. The fourth-order valence-electron chi connectivity index (χ4n) is 3.26. The molecule has 0 atom stereocenters. The van der Waals surface area contributed by atoms with Gasteiger partial charge in [0.1, 0.15) is 5.82 Å². The first kappa shape index (κ1) is 21.9. The van der Waals surface area contributed by atoms with Crippen LogP contribution in [0.15, 0.2) is 6.20 Å². The summed E-state index contributed by atoms with van der Waals surface area (Å²) in [7, 11) is -3.26. The average Bonchev–Trinajstić information content (AvgIpc) is 2.56. The van der Waals surface area contributed by atoms with Crippen molar-refractivity contribution in [3.63, 3.8) is 0 Å². The van der Waals surface area contributed by atoms with Gasteiger partial charge in [0.25, 0.3) is 0 Å². The summed E-state index contributed by atoms with van der Waals surface area (Å²) in [5.41, 5.74) is -0.0153. The Bertz CT molecular complexity index is 756. The van der Waals surface area contributed by atoms with E-state index in [1.165, 1.54) is 6.92 Å². The van der Waals surface area contributed by atoms with Gasteiger partial charge in [-0.2, -0.15) is 13.2 Å². The van der Waals surface area contributed by atoms with Crippen molar-refractivity contribution in [2.45, 2.75) is 70.8 Å². The molecule has 154 valence electrons. The number of alkyl halides is 3. The standard InChI is InChI=1S/C18H28F3N3O2S/c1-11(2)27(25,26)24-15-7-5-14(6-8-15)9-22-17-13(4)12(3)16(10-23-17)18(19,20)21/h10-11,14-15,24H,5-9H2,1-4H3,(H,22,23)/t14-,15-. The highest BCUT2D eigenvalue weighted by atomic mass is 32.2. The molecule has 0 radical (unpaired) electrons. The van der Waals surface area contributed by atoms with Gasteiger partial charge in [0, 0.05) is 18.8 Å². The molecule has 1 saturated carbocycles. The number of sulfonamides is 1. The summed E-state index contributed by atoms with van der Waals surface area (Å²) in [6.07, 6.45) is -0.286. The molecule has 9 heteroatoms. The SMILES string of the molecule is Cc1c(C(F)(F)F)cnc(NC[C@H]2CC[C@H](NS(=O)(=O)C(C)C)CC2)c1C. The summed E-state index contributed by atoms with van der Waals surface area (Å²) >= 11 is 0. The van der Waals surface area contributed by atoms with Crippen LogP contribution in [0.3, 0.4) is 0 Å². The molecule has 0 aromatic carbocycles. The van der Waals surface area contributed by atoms with Gasteiger partial charge < -0.3 is 5.32 Å². The fourth-order valence-corrected chi connectivity index (χ4v) is 4.23. The molecule has 1 fully saturated rings. The predicted octanol–water partition coefficient (Wildman–Crippen LogP) is 4.02. The van der Waals surface area contributed by atoms with Crippen LogP contribution in [0, 0.1) is 19.8 Å². The Balaban J connectivity index is 1.90. The lowest BCUT2D eigenvalue weighted by Crippen LogP contribution is -2.41. The minimum atomic E-state index is -4.40. The van der Waals surface area contributed by atoms with Crippen LogP contribution in [0.1, 0.15) is 56.2 Å².